The average molecular weight is 510 g/mol. The van der Waals surface area contributed by atoms with Crippen molar-refractivity contribution < 1.29 is 13.2 Å². The zero-order chi connectivity index (χ0) is 25.3. The van der Waals surface area contributed by atoms with Gasteiger partial charge in [-0.05, 0) is 60.9 Å². The first-order valence-electron chi connectivity index (χ1n) is 11.1. The molecule has 1 amide bonds. The van der Waals surface area contributed by atoms with Gasteiger partial charge in [0.1, 0.15) is 6.54 Å². The molecule has 0 fully saturated rings. The maximum absolute atomic E-state index is 13.6. The van der Waals surface area contributed by atoms with E-state index in [-0.39, 0.29) is 15.7 Å². The van der Waals surface area contributed by atoms with Gasteiger partial charge in [-0.15, -0.1) is 0 Å². The molecule has 1 heterocycles. The maximum atomic E-state index is 13.6. The third-order valence-corrected chi connectivity index (χ3v) is 8.60. The summed E-state index contributed by atoms with van der Waals surface area (Å²) in [5.74, 6) is -0.200. The number of amides is 1. The van der Waals surface area contributed by atoms with E-state index in [1.807, 2.05) is 19.1 Å². The molecule has 1 N–H and O–H groups in total. The van der Waals surface area contributed by atoms with Crippen molar-refractivity contribution in [1.29, 1.82) is 0 Å². The van der Waals surface area contributed by atoms with Crippen LogP contribution in [0.25, 0.3) is 10.2 Å². The molecule has 0 aliphatic heterocycles. The summed E-state index contributed by atoms with van der Waals surface area (Å²) in [4.78, 5) is 25.0. The number of thiazole rings is 1. The van der Waals surface area contributed by atoms with Crippen LogP contribution in [0.3, 0.4) is 0 Å². The molecule has 9 heteroatoms. The van der Waals surface area contributed by atoms with E-state index >= 15 is 0 Å². The molecule has 4 rings (SSSR count). The van der Waals surface area contributed by atoms with Crippen molar-refractivity contribution in [1.82, 2.24) is 4.57 Å². The van der Waals surface area contributed by atoms with Crippen LogP contribution in [0.4, 0.5) is 11.4 Å². The summed E-state index contributed by atoms with van der Waals surface area (Å²) in [5, 5.41) is 2.78. The van der Waals surface area contributed by atoms with Crippen molar-refractivity contribution in [3.8, 4) is 0 Å². The lowest BCUT2D eigenvalue weighted by atomic mass is 10.0. The molecule has 0 saturated heterocycles. The number of anilines is 2. The van der Waals surface area contributed by atoms with Crippen molar-refractivity contribution in [2.24, 2.45) is 7.05 Å². The lowest BCUT2D eigenvalue weighted by Crippen LogP contribution is -2.38. The van der Waals surface area contributed by atoms with Crippen LogP contribution >= 0.6 is 11.3 Å². The minimum absolute atomic E-state index is 0.0938. The summed E-state index contributed by atoms with van der Waals surface area (Å²) < 4.78 is 30.6. The minimum atomic E-state index is -4.00. The fraction of sp³-hybridized carbons (Fsp3) is 0.231. The Balaban J connectivity index is 1.65. The molecule has 0 aliphatic carbocycles. The van der Waals surface area contributed by atoms with Gasteiger partial charge >= 0.3 is 4.87 Å². The number of hydrogen-bond donors (Lipinski definition) is 1. The number of aromatic nitrogens is 1. The second-order valence-electron chi connectivity index (χ2n) is 8.73. The van der Waals surface area contributed by atoms with Gasteiger partial charge in [0.2, 0.25) is 5.91 Å². The zero-order valence-electron chi connectivity index (χ0n) is 20.0. The Morgan fingerprint density at radius 1 is 1.03 bits per heavy atom. The molecule has 1 aromatic heterocycles. The Bertz CT molecular complexity index is 1530. The first-order chi connectivity index (χ1) is 16.6. The number of nitrogens with one attached hydrogen (secondary N) is 1. The van der Waals surface area contributed by atoms with E-state index in [4.69, 9.17) is 0 Å². The van der Waals surface area contributed by atoms with Crippen molar-refractivity contribution >= 4 is 48.9 Å². The predicted octanol–water partition coefficient (Wildman–Crippen LogP) is 4.87. The van der Waals surface area contributed by atoms with E-state index in [0.29, 0.717) is 11.4 Å². The van der Waals surface area contributed by atoms with Crippen molar-refractivity contribution in [3.63, 3.8) is 0 Å². The highest BCUT2D eigenvalue weighted by Gasteiger charge is 2.27. The van der Waals surface area contributed by atoms with Gasteiger partial charge in [0.25, 0.3) is 10.0 Å². The number of carbonyl (C=O) groups is 1. The summed E-state index contributed by atoms with van der Waals surface area (Å²) in [5.41, 5.74) is 3.68. The topological polar surface area (TPSA) is 88.5 Å². The molecule has 3 aromatic carbocycles. The van der Waals surface area contributed by atoms with Gasteiger partial charge in [-0.2, -0.15) is 0 Å². The highest BCUT2D eigenvalue weighted by Crippen LogP contribution is 2.27. The van der Waals surface area contributed by atoms with E-state index in [1.165, 1.54) is 0 Å². The van der Waals surface area contributed by atoms with Crippen LogP contribution in [-0.4, -0.2) is 25.4 Å². The largest absolute Gasteiger partial charge is 0.324 e. The molecule has 0 unspecified atom stereocenters. The SMILES string of the molecule is Cc1ccc(S(=O)(=O)N(CC(=O)Nc2ccc3c(c2)sc(=O)n3C)c2ccc(C(C)C)cc2)cc1. The fourth-order valence-corrected chi connectivity index (χ4v) is 6.06. The second-order valence-corrected chi connectivity index (χ2v) is 11.6. The highest BCUT2D eigenvalue weighted by atomic mass is 32.2. The van der Waals surface area contributed by atoms with Gasteiger partial charge in [-0.3, -0.25) is 13.9 Å². The number of fused-ring (bicyclic) bond motifs is 1. The van der Waals surface area contributed by atoms with Gasteiger partial charge in [0.05, 0.1) is 20.8 Å². The fourth-order valence-electron chi connectivity index (χ4n) is 3.72. The lowest BCUT2D eigenvalue weighted by Gasteiger charge is -2.24. The number of carbonyl (C=O) groups excluding carboxylic acids is 1. The third-order valence-electron chi connectivity index (χ3n) is 5.82. The first-order valence-corrected chi connectivity index (χ1v) is 13.4. The van der Waals surface area contributed by atoms with Gasteiger partial charge in [0.15, 0.2) is 0 Å². The Morgan fingerprint density at radius 2 is 1.69 bits per heavy atom. The van der Waals surface area contributed by atoms with Crippen LogP contribution in [0.5, 0.6) is 0 Å². The normalized spacial score (nSPS) is 11.7. The van der Waals surface area contributed by atoms with E-state index in [0.717, 1.165) is 37.0 Å². The van der Waals surface area contributed by atoms with Crippen LogP contribution in [0.15, 0.2) is 76.4 Å². The van der Waals surface area contributed by atoms with E-state index in [2.05, 4.69) is 19.2 Å². The number of sulfonamides is 1. The van der Waals surface area contributed by atoms with E-state index < -0.39 is 22.5 Å². The van der Waals surface area contributed by atoms with Crippen LogP contribution in [0, 0.1) is 6.92 Å². The Hall–Kier alpha value is -3.43. The summed E-state index contributed by atoms with van der Waals surface area (Å²) in [6.45, 7) is 5.60. The summed E-state index contributed by atoms with van der Waals surface area (Å²) in [7, 11) is -2.31. The van der Waals surface area contributed by atoms with E-state index in [1.54, 1.807) is 66.2 Å². The summed E-state index contributed by atoms with van der Waals surface area (Å²) in [6, 6.07) is 18.9. The highest BCUT2D eigenvalue weighted by molar-refractivity contribution is 7.92. The molecule has 0 saturated carbocycles. The molecule has 4 aromatic rings. The quantitative estimate of drug-likeness (QED) is 0.385. The summed E-state index contributed by atoms with van der Waals surface area (Å²) >= 11 is 1.09. The summed E-state index contributed by atoms with van der Waals surface area (Å²) in [6.07, 6.45) is 0. The van der Waals surface area contributed by atoms with Crippen LogP contribution in [-0.2, 0) is 21.9 Å². The molecule has 0 spiro atoms. The second kappa shape index (κ2) is 9.67. The Morgan fingerprint density at radius 3 is 2.31 bits per heavy atom. The monoisotopic (exact) mass is 509 g/mol. The van der Waals surface area contributed by atoms with Crippen molar-refractivity contribution in [2.45, 2.75) is 31.6 Å². The van der Waals surface area contributed by atoms with Crippen LogP contribution in [0.1, 0.15) is 30.9 Å². The maximum Gasteiger partial charge on any atom is 0.307 e. The molecule has 0 radical (unpaired) electrons. The molecule has 35 heavy (non-hydrogen) atoms. The molecule has 182 valence electrons. The Labute approximate surface area is 208 Å². The van der Waals surface area contributed by atoms with Crippen molar-refractivity contribution in [2.75, 3.05) is 16.2 Å². The van der Waals surface area contributed by atoms with E-state index in [9.17, 15) is 18.0 Å². The number of benzene rings is 3. The van der Waals surface area contributed by atoms with Crippen molar-refractivity contribution in [3.05, 3.63) is 87.5 Å². The minimum Gasteiger partial charge on any atom is -0.324 e. The number of nitrogens with zero attached hydrogens (tertiary/aromatic N) is 2. The van der Waals surface area contributed by atoms with Gasteiger partial charge < -0.3 is 9.88 Å². The molecule has 0 aliphatic rings. The molecule has 0 atom stereocenters. The Kier molecular flexibility index (Phi) is 6.82. The first kappa shape index (κ1) is 24.7. The molecule has 0 bridgehead atoms. The third kappa shape index (κ3) is 5.16. The van der Waals surface area contributed by atoms with Gasteiger partial charge in [0, 0.05) is 12.7 Å². The smallest absolute Gasteiger partial charge is 0.307 e. The lowest BCUT2D eigenvalue weighted by molar-refractivity contribution is -0.114. The number of hydrogen-bond acceptors (Lipinski definition) is 5. The zero-order valence-corrected chi connectivity index (χ0v) is 21.6. The molecular weight excluding hydrogens is 482 g/mol. The van der Waals surface area contributed by atoms with Gasteiger partial charge in [-0.25, -0.2) is 8.42 Å². The molecule has 7 nitrogen and oxygen atoms in total. The number of aryl methyl sites for hydroxylation is 2. The standard InChI is InChI=1S/C26H27N3O4S2/c1-17(2)19-7-10-21(11-8-19)29(35(32,33)22-12-5-18(3)6-13-22)16-25(30)27-20-9-14-23-24(15-20)34-26(31)28(23)4/h5-15,17H,16H2,1-4H3,(H,27,30). The van der Waals surface area contributed by atoms with Crippen LogP contribution in [0.2, 0.25) is 0 Å². The van der Waals surface area contributed by atoms with Crippen LogP contribution < -0.4 is 14.5 Å². The predicted molar refractivity (Wildman–Crippen MR) is 142 cm³/mol. The number of rotatable bonds is 7. The van der Waals surface area contributed by atoms with Gasteiger partial charge in [-0.1, -0.05) is 55.0 Å². The molecular formula is C26H27N3O4S2. The average Bonchev–Trinajstić information content (AvgIpc) is 3.10.